The van der Waals surface area contributed by atoms with Gasteiger partial charge in [-0.3, -0.25) is 0 Å². The SMILES string of the molecule is COC(=O)C1=C(C)NC(C)=C(C(=O)OCC(C)(C)CN(C)Cc2ccccc2)C1c1cccc(Cl)c1Cl. The van der Waals surface area contributed by atoms with E-state index in [1.54, 1.807) is 32.0 Å². The van der Waals surface area contributed by atoms with Crippen LogP contribution in [-0.2, 0) is 25.6 Å². The van der Waals surface area contributed by atoms with Crippen molar-refractivity contribution >= 4 is 35.1 Å². The molecule has 37 heavy (non-hydrogen) atoms. The number of esters is 2. The van der Waals surface area contributed by atoms with Crippen molar-refractivity contribution in [3.8, 4) is 0 Å². The predicted octanol–water partition coefficient (Wildman–Crippen LogP) is 6.10. The molecule has 8 heteroatoms. The highest BCUT2D eigenvalue weighted by molar-refractivity contribution is 6.42. The highest BCUT2D eigenvalue weighted by Gasteiger charge is 2.39. The lowest BCUT2D eigenvalue weighted by Crippen LogP contribution is -2.37. The normalized spacial score (nSPS) is 16.1. The zero-order valence-corrected chi connectivity index (χ0v) is 23.7. The van der Waals surface area contributed by atoms with Gasteiger partial charge >= 0.3 is 11.9 Å². The van der Waals surface area contributed by atoms with Crippen LogP contribution in [0.3, 0.4) is 0 Å². The lowest BCUT2D eigenvalue weighted by Gasteiger charge is -2.33. The molecule has 1 heterocycles. The molecule has 1 N–H and O–H groups in total. The van der Waals surface area contributed by atoms with Crippen molar-refractivity contribution in [1.29, 1.82) is 0 Å². The summed E-state index contributed by atoms with van der Waals surface area (Å²) in [5, 5.41) is 3.74. The molecule has 0 saturated carbocycles. The smallest absolute Gasteiger partial charge is 0.336 e. The minimum Gasteiger partial charge on any atom is -0.466 e. The summed E-state index contributed by atoms with van der Waals surface area (Å²) in [5.41, 5.74) is 3.15. The predicted molar refractivity (Wildman–Crippen MR) is 147 cm³/mol. The molecule has 0 aliphatic carbocycles. The molecule has 0 amide bonds. The molecule has 0 spiro atoms. The fraction of sp³-hybridized carbons (Fsp3) is 0.379. The van der Waals surface area contributed by atoms with E-state index >= 15 is 0 Å². The third-order valence-corrected chi connectivity index (χ3v) is 7.10. The van der Waals surface area contributed by atoms with Gasteiger partial charge in [0, 0.05) is 29.9 Å². The minimum atomic E-state index is -0.795. The number of nitrogens with one attached hydrogen (secondary N) is 1. The van der Waals surface area contributed by atoms with E-state index in [-0.39, 0.29) is 22.6 Å². The van der Waals surface area contributed by atoms with Crippen molar-refractivity contribution < 1.29 is 19.1 Å². The summed E-state index contributed by atoms with van der Waals surface area (Å²) in [6, 6.07) is 15.4. The number of allylic oxidation sites excluding steroid dienone is 2. The molecule has 1 unspecified atom stereocenters. The van der Waals surface area contributed by atoms with E-state index in [0.717, 1.165) is 6.54 Å². The van der Waals surface area contributed by atoms with E-state index in [1.807, 2.05) is 25.2 Å². The number of carbonyl (C=O) groups is 2. The molecule has 1 aliphatic rings. The maximum atomic E-state index is 13.6. The van der Waals surface area contributed by atoms with Crippen LogP contribution in [0.5, 0.6) is 0 Å². The van der Waals surface area contributed by atoms with Gasteiger partial charge in [-0.1, -0.05) is 79.5 Å². The molecular weight excluding hydrogens is 511 g/mol. The summed E-state index contributed by atoms with van der Waals surface area (Å²) >= 11 is 12.9. The summed E-state index contributed by atoms with van der Waals surface area (Å²) in [7, 11) is 3.35. The van der Waals surface area contributed by atoms with Crippen LogP contribution in [0, 0.1) is 5.41 Å². The van der Waals surface area contributed by atoms with Gasteiger partial charge in [0.25, 0.3) is 0 Å². The Hall–Kier alpha value is -2.80. The molecule has 0 fully saturated rings. The molecule has 1 aliphatic heterocycles. The molecule has 3 rings (SSSR count). The summed E-state index contributed by atoms with van der Waals surface area (Å²) in [6.07, 6.45) is 0. The number of nitrogens with zero attached hydrogens (tertiary/aromatic N) is 1. The Morgan fingerprint density at radius 3 is 2.22 bits per heavy atom. The van der Waals surface area contributed by atoms with Crippen LogP contribution in [0.2, 0.25) is 10.0 Å². The molecule has 0 bridgehead atoms. The van der Waals surface area contributed by atoms with E-state index in [0.29, 0.717) is 34.1 Å². The maximum absolute atomic E-state index is 13.6. The summed E-state index contributed by atoms with van der Waals surface area (Å²) in [6.45, 7) is 9.33. The Labute approximate surface area is 229 Å². The van der Waals surface area contributed by atoms with Gasteiger partial charge in [-0.2, -0.15) is 0 Å². The molecule has 2 aromatic rings. The number of methoxy groups -OCH3 is 1. The van der Waals surface area contributed by atoms with Crippen molar-refractivity contribution in [2.75, 3.05) is 27.3 Å². The van der Waals surface area contributed by atoms with Gasteiger partial charge < -0.3 is 19.7 Å². The average Bonchev–Trinajstić information content (AvgIpc) is 2.83. The summed E-state index contributed by atoms with van der Waals surface area (Å²) in [4.78, 5) is 28.6. The second kappa shape index (κ2) is 12.2. The topological polar surface area (TPSA) is 67.9 Å². The van der Waals surface area contributed by atoms with Crippen molar-refractivity contribution in [1.82, 2.24) is 10.2 Å². The fourth-order valence-electron chi connectivity index (χ4n) is 4.77. The number of hydrogen-bond acceptors (Lipinski definition) is 6. The van der Waals surface area contributed by atoms with E-state index in [9.17, 15) is 9.59 Å². The number of benzene rings is 2. The quantitative estimate of drug-likeness (QED) is 0.384. The molecule has 0 aromatic heterocycles. The largest absolute Gasteiger partial charge is 0.466 e. The van der Waals surface area contributed by atoms with Crippen LogP contribution in [0.15, 0.2) is 71.1 Å². The molecule has 0 saturated heterocycles. The first-order valence-corrected chi connectivity index (χ1v) is 12.8. The highest BCUT2D eigenvalue weighted by Crippen LogP contribution is 2.43. The molecule has 198 valence electrons. The first kappa shape index (κ1) is 28.8. The molecule has 6 nitrogen and oxygen atoms in total. The van der Waals surface area contributed by atoms with Crippen molar-refractivity contribution in [3.63, 3.8) is 0 Å². The van der Waals surface area contributed by atoms with Crippen LogP contribution in [0.1, 0.15) is 44.7 Å². The van der Waals surface area contributed by atoms with Gasteiger partial charge in [0.05, 0.1) is 40.8 Å². The first-order chi connectivity index (χ1) is 17.4. The van der Waals surface area contributed by atoms with Crippen molar-refractivity contribution in [3.05, 3.63) is 92.2 Å². The van der Waals surface area contributed by atoms with Gasteiger partial charge in [0.15, 0.2) is 0 Å². The Bertz CT molecular complexity index is 1220. The van der Waals surface area contributed by atoms with Gasteiger partial charge in [-0.15, -0.1) is 0 Å². The van der Waals surface area contributed by atoms with Crippen LogP contribution >= 0.6 is 23.2 Å². The lowest BCUT2D eigenvalue weighted by atomic mass is 9.80. The Morgan fingerprint density at radius 2 is 1.59 bits per heavy atom. The van der Waals surface area contributed by atoms with E-state index in [1.165, 1.54) is 12.7 Å². The van der Waals surface area contributed by atoms with Gasteiger partial charge in [-0.25, -0.2) is 9.59 Å². The summed E-state index contributed by atoms with van der Waals surface area (Å²) < 4.78 is 10.9. The van der Waals surface area contributed by atoms with E-state index < -0.39 is 17.9 Å². The van der Waals surface area contributed by atoms with Crippen molar-refractivity contribution in [2.45, 2.75) is 40.2 Å². The van der Waals surface area contributed by atoms with Crippen LogP contribution in [-0.4, -0.2) is 44.1 Å². The van der Waals surface area contributed by atoms with Crippen molar-refractivity contribution in [2.24, 2.45) is 5.41 Å². The minimum absolute atomic E-state index is 0.188. The number of ether oxygens (including phenoxy) is 2. The van der Waals surface area contributed by atoms with Gasteiger partial charge in [0.2, 0.25) is 0 Å². The molecule has 2 aromatic carbocycles. The second-order valence-corrected chi connectivity index (χ2v) is 11.0. The maximum Gasteiger partial charge on any atom is 0.336 e. The average molecular weight is 546 g/mol. The molecule has 1 atom stereocenters. The number of hydrogen-bond donors (Lipinski definition) is 1. The molecular formula is C29H34Cl2N2O4. The number of rotatable bonds is 9. The Morgan fingerprint density at radius 1 is 0.973 bits per heavy atom. The molecule has 0 radical (unpaired) electrons. The number of halogens is 2. The lowest BCUT2D eigenvalue weighted by molar-refractivity contribution is -0.142. The van der Waals surface area contributed by atoms with Gasteiger partial charge in [0.1, 0.15) is 0 Å². The van der Waals surface area contributed by atoms with E-state index in [4.69, 9.17) is 32.7 Å². The number of carbonyl (C=O) groups excluding carboxylic acids is 2. The van der Waals surface area contributed by atoms with Gasteiger partial charge in [-0.05, 0) is 38.1 Å². The monoisotopic (exact) mass is 544 g/mol. The third-order valence-electron chi connectivity index (χ3n) is 6.27. The third kappa shape index (κ3) is 6.95. The summed E-state index contributed by atoms with van der Waals surface area (Å²) in [5.74, 6) is -1.89. The number of dihydropyridines is 1. The highest BCUT2D eigenvalue weighted by atomic mass is 35.5. The van der Waals surface area contributed by atoms with Crippen LogP contribution < -0.4 is 5.32 Å². The van der Waals surface area contributed by atoms with Crippen LogP contribution in [0.4, 0.5) is 0 Å². The Kier molecular flexibility index (Phi) is 9.46. The first-order valence-electron chi connectivity index (χ1n) is 12.1. The second-order valence-electron chi connectivity index (χ2n) is 10.2. The fourth-order valence-corrected chi connectivity index (χ4v) is 5.18. The van der Waals surface area contributed by atoms with E-state index in [2.05, 4.69) is 36.2 Å². The Balaban J connectivity index is 1.84. The zero-order chi connectivity index (χ0) is 27.3. The zero-order valence-electron chi connectivity index (χ0n) is 22.2. The standard InChI is InChI=1S/C29H34Cl2N2O4/c1-18-23(27(34)36-6)25(21-13-10-14-22(30)26(21)31)24(19(2)32-18)28(35)37-17-29(3,4)16-33(5)15-20-11-8-7-9-12-20/h7-14,25,32H,15-17H2,1-6H3. The van der Waals surface area contributed by atoms with Crippen LogP contribution in [0.25, 0.3) is 0 Å².